The molecule has 1 unspecified atom stereocenters. The molecule has 0 N–H and O–H groups in total. The van der Waals surface area contributed by atoms with Gasteiger partial charge in [0.05, 0.1) is 30.3 Å². The second-order valence-electron chi connectivity index (χ2n) is 6.75. The van der Waals surface area contributed by atoms with E-state index in [0.29, 0.717) is 36.6 Å². The Hall–Kier alpha value is -2.30. The van der Waals surface area contributed by atoms with Gasteiger partial charge in [0, 0.05) is 23.8 Å². The normalized spacial score (nSPS) is 18.6. The van der Waals surface area contributed by atoms with Crippen LogP contribution in [0.2, 0.25) is 0 Å². The van der Waals surface area contributed by atoms with Crippen molar-refractivity contribution < 1.29 is 18.1 Å². The van der Waals surface area contributed by atoms with E-state index in [2.05, 4.69) is 19.9 Å². The van der Waals surface area contributed by atoms with Crippen molar-refractivity contribution in [1.29, 1.82) is 0 Å². The molecule has 0 radical (unpaired) electrons. The van der Waals surface area contributed by atoms with Crippen LogP contribution in [0.15, 0.2) is 35.5 Å². The van der Waals surface area contributed by atoms with Crippen LogP contribution in [0.1, 0.15) is 25.6 Å². The summed E-state index contributed by atoms with van der Waals surface area (Å²) in [6.45, 7) is 3.75. The summed E-state index contributed by atoms with van der Waals surface area (Å²) in [5.74, 6) is 0.372. The molecule has 154 valence electrons. The standard InChI is InChI=1S/C19H21F2N5O2S/c1-3-12-11-28-9-8-25(12)15-10-16(24-19(23-15)29(2)27)26-14-7-5-4-6-13(14)22-18(26)17(20)21/h4-7,10,12,17H,3,8-9,11H2,1-2H3/t12-,29?/m1/s1. The van der Waals surface area contributed by atoms with Gasteiger partial charge in [0.2, 0.25) is 0 Å². The first kappa shape index (κ1) is 20.0. The lowest BCUT2D eigenvalue weighted by molar-refractivity contribution is 0.0925. The van der Waals surface area contributed by atoms with Gasteiger partial charge in [-0.1, -0.05) is 19.1 Å². The Bertz CT molecular complexity index is 1010. The first-order valence-electron chi connectivity index (χ1n) is 9.32. The number of rotatable bonds is 5. The number of para-hydroxylation sites is 2. The highest BCUT2D eigenvalue weighted by molar-refractivity contribution is 7.90. The number of alkyl halides is 2. The molecule has 0 amide bonds. The zero-order valence-corrected chi connectivity index (χ0v) is 16.9. The average Bonchev–Trinajstić information content (AvgIpc) is 3.13. The van der Waals surface area contributed by atoms with Crippen LogP contribution in [0.3, 0.4) is 0 Å². The third-order valence-corrected chi connectivity index (χ3v) is 5.64. The van der Waals surface area contributed by atoms with Gasteiger partial charge < -0.3 is 14.2 Å². The molecule has 7 nitrogen and oxygen atoms in total. The summed E-state index contributed by atoms with van der Waals surface area (Å²) < 4.78 is 46.6. The molecule has 29 heavy (non-hydrogen) atoms. The highest BCUT2D eigenvalue weighted by Crippen LogP contribution is 2.30. The van der Waals surface area contributed by atoms with Crippen molar-refractivity contribution in [3.8, 4) is 5.82 Å². The van der Waals surface area contributed by atoms with Crippen LogP contribution in [-0.2, 0) is 15.9 Å². The number of ether oxygens (including phenoxy) is 1. The lowest BCUT2D eigenvalue weighted by Gasteiger charge is -2.36. The van der Waals surface area contributed by atoms with Crippen LogP contribution in [0.4, 0.5) is 14.6 Å². The number of anilines is 1. The summed E-state index contributed by atoms with van der Waals surface area (Å²) >= 11 is -1.48. The van der Waals surface area contributed by atoms with Crippen LogP contribution in [0.5, 0.6) is 0 Å². The van der Waals surface area contributed by atoms with Gasteiger partial charge in [-0.3, -0.25) is 4.57 Å². The molecule has 4 rings (SSSR count). The summed E-state index contributed by atoms with van der Waals surface area (Å²) in [5.41, 5.74) is 0.953. The van der Waals surface area contributed by atoms with Gasteiger partial charge in [-0.2, -0.15) is 9.97 Å². The summed E-state index contributed by atoms with van der Waals surface area (Å²) in [7, 11) is 0. The zero-order valence-electron chi connectivity index (χ0n) is 16.1. The lowest BCUT2D eigenvalue weighted by atomic mass is 10.2. The topological polar surface area (TPSA) is 79.1 Å². The third kappa shape index (κ3) is 3.79. The second kappa shape index (κ2) is 8.21. The maximum atomic E-state index is 13.8. The fourth-order valence-electron chi connectivity index (χ4n) is 3.52. The zero-order chi connectivity index (χ0) is 20.5. The van der Waals surface area contributed by atoms with E-state index < -0.39 is 23.4 Å². The quantitative estimate of drug-likeness (QED) is 0.465. The van der Waals surface area contributed by atoms with Crippen molar-refractivity contribution in [2.75, 3.05) is 30.9 Å². The van der Waals surface area contributed by atoms with E-state index in [1.54, 1.807) is 30.3 Å². The Balaban J connectivity index is 1.92. The maximum absolute atomic E-state index is 13.8. The molecular weight excluding hydrogens is 400 g/mol. The summed E-state index contributed by atoms with van der Waals surface area (Å²) in [6, 6.07) is 8.64. The minimum Gasteiger partial charge on any atom is -0.609 e. The molecule has 1 aromatic carbocycles. The SMILES string of the molecule is CC[C@@H]1COCCN1c1cc(-n2c(C(F)F)nc3ccccc32)nc([S+](C)[O-])n1. The summed E-state index contributed by atoms with van der Waals surface area (Å²) in [4.78, 5) is 14.9. The van der Waals surface area contributed by atoms with Crippen molar-refractivity contribution >= 4 is 28.0 Å². The molecule has 3 heterocycles. The Morgan fingerprint density at radius 3 is 2.72 bits per heavy atom. The van der Waals surface area contributed by atoms with E-state index in [0.717, 1.165) is 6.42 Å². The Morgan fingerprint density at radius 1 is 1.24 bits per heavy atom. The largest absolute Gasteiger partial charge is 0.609 e. The first-order valence-corrected chi connectivity index (χ1v) is 10.9. The smallest absolute Gasteiger partial charge is 0.346 e. The fourth-order valence-corrected chi connectivity index (χ4v) is 3.96. The average molecular weight is 421 g/mol. The van der Waals surface area contributed by atoms with E-state index in [4.69, 9.17) is 4.74 Å². The van der Waals surface area contributed by atoms with Crippen molar-refractivity contribution in [3.05, 3.63) is 36.2 Å². The molecule has 0 saturated carbocycles. The predicted molar refractivity (Wildman–Crippen MR) is 106 cm³/mol. The first-order chi connectivity index (χ1) is 14.0. The van der Waals surface area contributed by atoms with Gasteiger partial charge in [0.25, 0.3) is 6.43 Å². The minimum absolute atomic E-state index is 0.0943. The van der Waals surface area contributed by atoms with Gasteiger partial charge in [-0.25, -0.2) is 13.8 Å². The Morgan fingerprint density at radius 2 is 2.00 bits per heavy atom. The number of aromatic nitrogens is 4. The number of nitrogens with zero attached hydrogens (tertiary/aromatic N) is 5. The van der Waals surface area contributed by atoms with Crippen LogP contribution >= 0.6 is 0 Å². The minimum atomic E-state index is -2.79. The van der Waals surface area contributed by atoms with E-state index >= 15 is 0 Å². The van der Waals surface area contributed by atoms with Crippen molar-refractivity contribution in [2.24, 2.45) is 0 Å². The Labute approximate surface area is 169 Å². The molecule has 1 saturated heterocycles. The number of hydrogen-bond donors (Lipinski definition) is 0. The van der Waals surface area contributed by atoms with Crippen LogP contribution in [0.25, 0.3) is 16.9 Å². The van der Waals surface area contributed by atoms with E-state index in [9.17, 15) is 13.3 Å². The van der Waals surface area contributed by atoms with Crippen LogP contribution < -0.4 is 4.90 Å². The van der Waals surface area contributed by atoms with E-state index in [1.807, 2.05) is 6.92 Å². The predicted octanol–water partition coefficient (Wildman–Crippen LogP) is 3.11. The molecule has 0 spiro atoms. The molecule has 0 bridgehead atoms. The van der Waals surface area contributed by atoms with Gasteiger partial charge in [-0.05, 0) is 18.6 Å². The highest BCUT2D eigenvalue weighted by Gasteiger charge is 2.27. The third-order valence-electron chi connectivity index (χ3n) is 4.94. The van der Waals surface area contributed by atoms with Crippen LogP contribution in [-0.4, -0.2) is 56.1 Å². The lowest BCUT2D eigenvalue weighted by Crippen LogP contribution is -2.45. The molecule has 2 atom stereocenters. The molecule has 1 fully saturated rings. The number of fused-ring (bicyclic) bond motifs is 1. The number of morpholine rings is 1. The molecule has 1 aliphatic rings. The van der Waals surface area contributed by atoms with E-state index in [1.165, 1.54) is 10.8 Å². The maximum Gasteiger partial charge on any atom is 0.346 e. The monoisotopic (exact) mass is 421 g/mol. The summed E-state index contributed by atoms with van der Waals surface area (Å²) in [5, 5.41) is 0.0943. The Kier molecular flexibility index (Phi) is 5.66. The molecule has 2 aromatic heterocycles. The molecule has 0 aliphatic carbocycles. The summed E-state index contributed by atoms with van der Waals surface area (Å²) in [6.07, 6.45) is -0.483. The highest BCUT2D eigenvalue weighted by atomic mass is 32.2. The van der Waals surface area contributed by atoms with E-state index in [-0.39, 0.29) is 17.0 Å². The van der Waals surface area contributed by atoms with Gasteiger partial charge in [-0.15, -0.1) is 0 Å². The number of benzene rings is 1. The van der Waals surface area contributed by atoms with Crippen molar-refractivity contribution in [1.82, 2.24) is 19.5 Å². The number of imidazole rings is 1. The molecule has 1 aliphatic heterocycles. The second-order valence-corrected chi connectivity index (χ2v) is 8.02. The fraction of sp³-hybridized carbons (Fsp3) is 0.421. The van der Waals surface area contributed by atoms with Crippen molar-refractivity contribution in [2.45, 2.75) is 31.0 Å². The van der Waals surface area contributed by atoms with Gasteiger partial charge in [0.15, 0.2) is 5.82 Å². The molecule has 3 aromatic rings. The van der Waals surface area contributed by atoms with Gasteiger partial charge in [0.1, 0.15) is 17.9 Å². The molecule has 10 heteroatoms. The molecular formula is C19H21F2N5O2S. The van der Waals surface area contributed by atoms with Crippen LogP contribution in [0, 0.1) is 0 Å². The number of hydrogen-bond acceptors (Lipinski definition) is 6. The van der Waals surface area contributed by atoms with Gasteiger partial charge >= 0.3 is 5.16 Å². The number of halogens is 2. The van der Waals surface area contributed by atoms with Crippen molar-refractivity contribution in [3.63, 3.8) is 0 Å².